The normalized spacial score (nSPS) is 12.8. The minimum absolute atomic E-state index is 0.994. The highest BCUT2D eigenvalue weighted by molar-refractivity contribution is 9.10. The summed E-state index contributed by atoms with van der Waals surface area (Å²) in [5.74, 6) is 0. The van der Waals surface area contributed by atoms with E-state index in [1.165, 1.54) is 71.2 Å². The summed E-state index contributed by atoms with van der Waals surface area (Å²) < 4.78 is 1.18. The fraction of sp³-hybridized carbons (Fsp3) is 0.0625. The lowest BCUT2D eigenvalue weighted by molar-refractivity contribution is 1.26. The smallest absolute Gasteiger partial charge is 0.0332 e. The van der Waals surface area contributed by atoms with Crippen LogP contribution in [0.3, 0.4) is 0 Å². The molecule has 5 aromatic rings. The number of benzene rings is 5. The second-order valence-electron chi connectivity index (χ2n) is 9.00. The predicted molar refractivity (Wildman–Crippen MR) is 141 cm³/mol. The molecule has 0 nitrogen and oxygen atoms in total. The second kappa shape index (κ2) is 7.30. The average molecular weight is 485 g/mol. The lowest BCUT2D eigenvalue weighted by Gasteiger charge is -2.16. The molecule has 0 N–H and O–H groups in total. The van der Waals surface area contributed by atoms with Gasteiger partial charge in [-0.25, -0.2) is 0 Å². The zero-order valence-electron chi connectivity index (χ0n) is 18.1. The number of halogens is 1. The van der Waals surface area contributed by atoms with Gasteiger partial charge in [-0.15, -0.1) is 0 Å². The van der Waals surface area contributed by atoms with E-state index in [0.29, 0.717) is 0 Å². The standard InChI is InChI=1S/C32H21Br/c33-32-28(26-14-5-12-24-22-10-3-1-8-20(22)18-30(24)26)16-7-17-29(32)27-15-6-13-25-23-11-4-2-9-21(23)19-31(25)27/h1-17H,18-19H2. The molecule has 7 rings (SSSR count). The Morgan fingerprint density at radius 3 is 1.15 bits per heavy atom. The molecule has 33 heavy (non-hydrogen) atoms. The Bertz CT molecular complexity index is 1460. The van der Waals surface area contributed by atoms with Crippen LogP contribution in [0, 0.1) is 0 Å². The molecular weight excluding hydrogens is 464 g/mol. The summed E-state index contributed by atoms with van der Waals surface area (Å²) in [7, 11) is 0. The summed E-state index contributed by atoms with van der Waals surface area (Å²) in [4.78, 5) is 0. The van der Waals surface area contributed by atoms with Crippen LogP contribution in [-0.4, -0.2) is 0 Å². The molecule has 5 aromatic carbocycles. The fourth-order valence-corrected chi connectivity index (χ4v) is 6.46. The fourth-order valence-electron chi connectivity index (χ4n) is 5.77. The Hall–Kier alpha value is -3.42. The lowest BCUT2D eigenvalue weighted by atomic mass is 9.91. The van der Waals surface area contributed by atoms with Crippen LogP contribution in [-0.2, 0) is 12.8 Å². The van der Waals surface area contributed by atoms with Gasteiger partial charge >= 0.3 is 0 Å². The van der Waals surface area contributed by atoms with E-state index < -0.39 is 0 Å². The van der Waals surface area contributed by atoms with E-state index in [4.69, 9.17) is 0 Å². The third-order valence-corrected chi connectivity index (χ3v) is 8.13. The van der Waals surface area contributed by atoms with E-state index in [1.54, 1.807) is 0 Å². The van der Waals surface area contributed by atoms with Crippen molar-refractivity contribution in [3.63, 3.8) is 0 Å². The Morgan fingerprint density at radius 1 is 0.364 bits per heavy atom. The van der Waals surface area contributed by atoms with Crippen molar-refractivity contribution in [3.8, 4) is 44.5 Å². The predicted octanol–water partition coefficient (Wildman–Crippen LogP) is 8.93. The van der Waals surface area contributed by atoms with E-state index in [2.05, 4.69) is 119 Å². The summed E-state index contributed by atoms with van der Waals surface area (Å²) in [6.07, 6.45) is 1.99. The monoisotopic (exact) mass is 484 g/mol. The summed E-state index contributed by atoms with van der Waals surface area (Å²) in [5, 5.41) is 0. The van der Waals surface area contributed by atoms with Crippen molar-refractivity contribution < 1.29 is 0 Å². The van der Waals surface area contributed by atoms with E-state index in [-0.39, 0.29) is 0 Å². The van der Waals surface area contributed by atoms with Crippen LogP contribution < -0.4 is 0 Å². The maximum atomic E-state index is 4.04. The van der Waals surface area contributed by atoms with Crippen molar-refractivity contribution in [3.05, 3.63) is 130 Å². The number of hydrogen-bond acceptors (Lipinski definition) is 0. The van der Waals surface area contributed by atoms with E-state index in [9.17, 15) is 0 Å². The van der Waals surface area contributed by atoms with Crippen molar-refractivity contribution in [1.82, 2.24) is 0 Å². The molecule has 0 bridgehead atoms. The van der Waals surface area contributed by atoms with Gasteiger partial charge in [0, 0.05) is 4.47 Å². The third kappa shape index (κ3) is 2.82. The van der Waals surface area contributed by atoms with Gasteiger partial charge in [0.15, 0.2) is 0 Å². The van der Waals surface area contributed by atoms with E-state index in [0.717, 1.165) is 12.8 Å². The largest absolute Gasteiger partial charge is 0.0619 e. The Labute approximate surface area is 202 Å². The van der Waals surface area contributed by atoms with Crippen LogP contribution in [0.4, 0.5) is 0 Å². The molecule has 0 amide bonds. The van der Waals surface area contributed by atoms with E-state index >= 15 is 0 Å². The molecule has 0 saturated heterocycles. The van der Waals surface area contributed by atoms with Crippen molar-refractivity contribution in [2.24, 2.45) is 0 Å². The maximum absolute atomic E-state index is 4.04. The molecule has 0 spiro atoms. The Morgan fingerprint density at radius 2 is 0.697 bits per heavy atom. The second-order valence-corrected chi connectivity index (χ2v) is 9.79. The lowest BCUT2D eigenvalue weighted by Crippen LogP contribution is -1.93. The minimum Gasteiger partial charge on any atom is -0.0619 e. The summed E-state index contributed by atoms with van der Waals surface area (Å²) in [6, 6.07) is 37.8. The Kier molecular flexibility index (Phi) is 4.22. The van der Waals surface area contributed by atoms with Crippen molar-refractivity contribution in [2.75, 3.05) is 0 Å². The van der Waals surface area contributed by atoms with Gasteiger partial charge in [0.2, 0.25) is 0 Å². The van der Waals surface area contributed by atoms with Crippen molar-refractivity contribution in [1.29, 1.82) is 0 Å². The first-order valence-electron chi connectivity index (χ1n) is 11.5. The van der Waals surface area contributed by atoms with Gasteiger partial charge in [-0.05, 0) is 95.5 Å². The molecule has 2 aliphatic rings. The van der Waals surface area contributed by atoms with Gasteiger partial charge in [-0.1, -0.05) is 103 Å². The molecule has 0 atom stereocenters. The van der Waals surface area contributed by atoms with Gasteiger partial charge in [0.25, 0.3) is 0 Å². The summed E-state index contributed by atoms with van der Waals surface area (Å²) >= 11 is 4.04. The van der Waals surface area contributed by atoms with Crippen LogP contribution in [0.15, 0.2) is 108 Å². The number of rotatable bonds is 2. The molecular formula is C32H21Br. The molecule has 0 unspecified atom stereocenters. The molecule has 0 aliphatic heterocycles. The van der Waals surface area contributed by atoms with Gasteiger partial charge in [0.05, 0.1) is 0 Å². The molecule has 0 saturated carbocycles. The molecule has 2 aliphatic carbocycles. The first kappa shape index (κ1) is 19.1. The number of fused-ring (bicyclic) bond motifs is 6. The first-order chi connectivity index (χ1) is 16.3. The van der Waals surface area contributed by atoms with Gasteiger partial charge in [0.1, 0.15) is 0 Å². The molecule has 0 heterocycles. The summed E-state index contributed by atoms with van der Waals surface area (Å²) in [6.45, 7) is 0. The minimum atomic E-state index is 0.994. The Balaban J connectivity index is 1.39. The number of hydrogen-bond donors (Lipinski definition) is 0. The first-order valence-corrected chi connectivity index (χ1v) is 12.3. The van der Waals surface area contributed by atoms with Crippen molar-refractivity contribution >= 4 is 15.9 Å². The zero-order chi connectivity index (χ0) is 21.9. The van der Waals surface area contributed by atoms with Crippen LogP contribution in [0.5, 0.6) is 0 Å². The zero-order valence-corrected chi connectivity index (χ0v) is 19.7. The highest BCUT2D eigenvalue weighted by atomic mass is 79.9. The molecule has 0 radical (unpaired) electrons. The molecule has 0 aromatic heterocycles. The van der Waals surface area contributed by atoms with Gasteiger partial charge in [-0.3, -0.25) is 0 Å². The summed E-state index contributed by atoms with van der Waals surface area (Å²) in [5.41, 5.74) is 16.4. The molecule has 156 valence electrons. The maximum Gasteiger partial charge on any atom is 0.0332 e. The van der Waals surface area contributed by atoms with Crippen LogP contribution in [0.1, 0.15) is 22.3 Å². The van der Waals surface area contributed by atoms with Crippen LogP contribution in [0.2, 0.25) is 0 Å². The molecule has 0 fully saturated rings. The van der Waals surface area contributed by atoms with E-state index in [1.807, 2.05) is 0 Å². The quantitative estimate of drug-likeness (QED) is 0.229. The van der Waals surface area contributed by atoms with Crippen LogP contribution >= 0.6 is 15.9 Å². The SMILES string of the molecule is Brc1c(-c2cccc3c2Cc2ccccc2-3)cccc1-c1cccc2c1Cc1ccccc1-2. The highest BCUT2D eigenvalue weighted by Crippen LogP contribution is 2.47. The van der Waals surface area contributed by atoms with Gasteiger partial charge in [-0.2, -0.15) is 0 Å². The highest BCUT2D eigenvalue weighted by Gasteiger charge is 2.25. The van der Waals surface area contributed by atoms with Crippen LogP contribution in [0.25, 0.3) is 44.5 Å². The topological polar surface area (TPSA) is 0 Å². The average Bonchev–Trinajstić information content (AvgIpc) is 3.43. The molecule has 1 heteroatoms. The van der Waals surface area contributed by atoms with Gasteiger partial charge < -0.3 is 0 Å². The van der Waals surface area contributed by atoms with Crippen molar-refractivity contribution in [2.45, 2.75) is 12.8 Å². The third-order valence-electron chi connectivity index (χ3n) is 7.28.